The van der Waals surface area contributed by atoms with Crippen molar-refractivity contribution in [3.05, 3.63) is 39.5 Å². The molecule has 0 saturated heterocycles. The summed E-state index contributed by atoms with van der Waals surface area (Å²) in [4.78, 5) is 0. The zero-order valence-corrected chi connectivity index (χ0v) is 14.2. The Balaban J connectivity index is 2.10. The molecule has 0 spiro atoms. The number of hydrogen-bond donors (Lipinski definition) is 1. The second-order valence-corrected chi connectivity index (χ2v) is 6.78. The van der Waals surface area contributed by atoms with Crippen molar-refractivity contribution in [1.29, 1.82) is 0 Å². The molecule has 2 aromatic rings. The van der Waals surface area contributed by atoms with E-state index < -0.39 is 0 Å². The fourth-order valence-corrected chi connectivity index (χ4v) is 3.43. The SMILES string of the molecule is CSCc1nn(-c2ccc(Cl)c(Cl)c2)c2c1CCCCN2. The van der Waals surface area contributed by atoms with Crippen LogP contribution in [0, 0.1) is 0 Å². The number of benzene rings is 1. The maximum absolute atomic E-state index is 6.15. The van der Waals surface area contributed by atoms with E-state index in [1.807, 2.05) is 22.9 Å². The summed E-state index contributed by atoms with van der Waals surface area (Å²) in [6.07, 6.45) is 5.58. The quantitative estimate of drug-likeness (QED) is 0.870. The molecular weight excluding hydrogens is 325 g/mol. The van der Waals surface area contributed by atoms with Gasteiger partial charge in [0.1, 0.15) is 5.82 Å². The summed E-state index contributed by atoms with van der Waals surface area (Å²) in [5.74, 6) is 2.04. The highest BCUT2D eigenvalue weighted by Gasteiger charge is 2.20. The summed E-state index contributed by atoms with van der Waals surface area (Å²) >= 11 is 14.0. The van der Waals surface area contributed by atoms with Gasteiger partial charge in [0.05, 0.1) is 21.4 Å². The first-order chi connectivity index (χ1) is 10.2. The average molecular weight is 342 g/mol. The maximum atomic E-state index is 6.15. The van der Waals surface area contributed by atoms with Gasteiger partial charge in [-0.1, -0.05) is 23.2 Å². The summed E-state index contributed by atoms with van der Waals surface area (Å²) in [6.45, 7) is 0.985. The van der Waals surface area contributed by atoms with E-state index >= 15 is 0 Å². The molecule has 6 heteroatoms. The Morgan fingerprint density at radius 2 is 2.14 bits per heavy atom. The van der Waals surface area contributed by atoms with E-state index in [9.17, 15) is 0 Å². The van der Waals surface area contributed by atoms with Gasteiger partial charge in [0, 0.05) is 17.9 Å². The predicted molar refractivity (Wildman–Crippen MR) is 92.2 cm³/mol. The van der Waals surface area contributed by atoms with Gasteiger partial charge in [0.25, 0.3) is 0 Å². The highest BCUT2D eigenvalue weighted by molar-refractivity contribution is 7.97. The molecule has 0 saturated carbocycles. The number of aromatic nitrogens is 2. The Morgan fingerprint density at radius 1 is 1.29 bits per heavy atom. The number of rotatable bonds is 3. The van der Waals surface area contributed by atoms with E-state index in [1.165, 1.54) is 18.4 Å². The van der Waals surface area contributed by atoms with Crippen molar-refractivity contribution < 1.29 is 0 Å². The van der Waals surface area contributed by atoms with Gasteiger partial charge in [-0.15, -0.1) is 0 Å². The third kappa shape index (κ3) is 3.03. The largest absolute Gasteiger partial charge is 0.370 e. The molecule has 3 rings (SSSR count). The van der Waals surface area contributed by atoms with Gasteiger partial charge in [0.2, 0.25) is 0 Å². The van der Waals surface area contributed by atoms with Crippen LogP contribution in [0.1, 0.15) is 24.1 Å². The van der Waals surface area contributed by atoms with E-state index in [2.05, 4.69) is 11.6 Å². The van der Waals surface area contributed by atoms with Crippen molar-refractivity contribution >= 4 is 40.8 Å². The van der Waals surface area contributed by atoms with Gasteiger partial charge in [-0.3, -0.25) is 0 Å². The molecule has 21 heavy (non-hydrogen) atoms. The highest BCUT2D eigenvalue weighted by Crippen LogP contribution is 2.31. The maximum Gasteiger partial charge on any atom is 0.133 e. The van der Waals surface area contributed by atoms with Crippen LogP contribution in [0.25, 0.3) is 5.69 Å². The summed E-state index contributed by atoms with van der Waals surface area (Å²) in [5, 5.41) is 9.44. The Hall–Kier alpha value is -0.840. The number of nitrogens with one attached hydrogen (secondary N) is 1. The van der Waals surface area contributed by atoms with Crippen LogP contribution in [0.15, 0.2) is 18.2 Å². The van der Waals surface area contributed by atoms with E-state index in [0.717, 1.165) is 35.9 Å². The van der Waals surface area contributed by atoms with Gasteiger partial charge in [-0.05, 0) is 43.7 Å². The highest BCUT2D eigenvalue weighted by atomic mass is 35.5. The standard InChI is InChI=1S/C15H17Cl2N3S/c1-21-9-14-11-4-2-3-7-18-15(11)20(19-14)10-5-6-12(16)13(17)8-10/h5-6,8,18H,2-4,7,9H2,1H3. The summed E-state index contributed by atoms with van der Waals surface area (Å²) in [5.41, 5.74) is 3.45. The van der Waals surface area contributed by atoms with Crippen molar-refractivity contribution in [2.45, 2.75) is 25.0 Å². The minimum Gasteiger partial charge on any atom is -0.370 e. The number of fused-ring (bicyclic) bond motifs is 1. The van der Waals surface area contributed by atoms with Crippen molar-refractivity contribution in [3.8, 4) is 5.69 Å². The molecule has 3 nitrogen and oxygen atoms in total. The molecule has 1 N–H and O–H groups in total. The number of hydrogen-bond acceptors (Lipinski definition) is 3. The normalized spacial score (nSPS) is 14.4. The first kappa shape index (κ1) is 15.1. The molecule has 0 amide bonds. The van der Waals surface area contributed by atoms with Crippen LogP contribution in [0.3, 0.4) is 0 Å². The molecule has 0 unspecified atom stereocenters. The molecule has 0 bridgehead atoms. The first-order valence-corrected chi connectivity index (χ1v) is 9.14. The van der Waals surface area contributed by atoms with Crippen molar-refractivity contribution in [2.75, 3.05) is 18.1 Å². The molecule has 1 aromatic carbocycles. The smallest absolute Gasteiger partial charge is 0.133 e. The van der Waals surface area contributed by atoms with Gasteiger partial charge >= 0.3 is 0 Å². The molecule has 112 valence electrons. The molecule has 0 atom stereocenters. The van der Waals surface area contributed by atoms with Crippen molar-refractivity contribution in [1.82, 2.24) is 9.78 Å². The van der Waals surface area contributed by atoms with Crippen LogP contribution >= 0.6 is 35.0 Å². The second kappa shape index (κ2) is 6.51. The molecule has 1 aromatic heterocycles. The molecule has 1 aliphatic heterocycles. The minimum absolute atomic E-state index is 0.554. The number of thioether (sulfide) groups is 1. The average Bonchev–Trinajstić information content (AvgIpc) is 2.66. The summed E-state index contributed by atoms with van der Waals surface area (Å²) < 4.78 is 1.97. The Labute approximate surface area is 139 Å². The Bertz CT molecular complexity index is 655. The van der Waals surface area contributed by atoms with Gasteiger partial charge in [-0.2, -0.15) is 16.9 Å². The first-order valence-electron chi connectivity index (χ1n) is 6.99. The van der Waals surface area contributed by atoms with Gasteiger partial charge < -0.3 is 5.32 Å². The topological polar surface area (TPSA) is 29.9 Å². The van der Waals surface area contributed by atoms with Gasteiger partial charge in [0.15, 0.2) is 0 Å². The molecule has 0 fully saturated rings. The van der Waals surface area contributed by atoms with Gasteiger partial charge in [-0.25, -0.2) is 4.68 Å². The Kier molecular flexibility index (Phi) is 4.67. The second-order valence-electron chi connectivity index (χ2n) is 5.10. The molecule has 0 aliphatic carbocycles. The molecule has 1 aliphatic rings. The Morgan fingerprint density at radius 3 is 2.90 bits per heavy atom. The van der Waals surface area contributed by atoms with Crippen LogP contribution in [-0.4, -0.2) is 22.6 Å². The van der Waals surface area contributed by atoms with E-state index in [-0.39, 0.29) is 0 Å². The molecular formula is C15H17Cl2N3S. The van der Waals surface area contributed by atoms with Crippen molar-refractivity contribution in [3.63, 3.8) is 0 Å². The third-order valence-corrected chi connectivity index (χ3v) is 4.94. The fraction of sp³-hybridized carbons (Fsp3) is 0.400. The third-order valence-electron chi connectivity index (χ3n) is 3.64. The van der Waals surface area contributed by atoms with Crippen LogP contribution < -0.4 is 5.32 Å². The summed E-state index contributed by atoms with van der Waals surface area (Å²) in [7, 11) is 0. The lowest BCUT2D eigenvalue weighted by atomic mass is 10.1. The van der Waals surface area contributed by atoms with Crippen LogP contribution in [0.4, 0.5) is 5.82 Å². The van der Waals surface area contributed by atoms with E-state index in [1.54, 1.807) is 11.8 Å². The lowest BCUT2D eigenvalue weighted by Crippen LogP contribution is -2.07. The number of halogens is 2. The zero-order valence-electron chi connectivity index (χ0n) is 11.8. The van der Waals surface area contributed by atoms with Crippen molar-refractivity contribution in [2.24, 2.45) is 0 Å². The molecule has 2 heterocycles. The monoisotopic (exact) mass is 341 g/mol. The number of nitrogens with zero attached hydrogens (tertiary/aromatic N) is 2. The number of anilines is 1. The minimum atomic E-state index is 0.554. The van der Waals surface area contributed by atoms with E-state index in [4.69, 9.17) is 28.3 Å². The predicted octanol–water partition coefficient (Wildman–Crippen LogP) is 4.79. The molecule has 0 radical (unpaired) electrons. The van der Waals surface area contributed by atoms with Crippen LogP contribution in [-0.2, 0) is 12.2 Å². The van der Waals surface area contributed by atoms with Crippen LogP contribution in [0.2, 0.25) is 10.0 Å². The fourth-order valence-electron chi connectivity index (χ4n) is 2.63. The lowest BCUT2D eigenvalue weighted by Gasteiger charge is -2.10. The van der Waals surface area contributed by atoms with Crippen LogP contribution in [0.5, 0.6) is 0 Å². The van der Waals surface area contributed by atoms with E-state index in [0.29, 0.717) is 10.0 Å². The zero-order chi connectivity index (χ0) is 14.8. The summed E-state index contributed by atoms with van der Waals surface area (Å²) in [6, 6.07) is 5.64. The lowest BCUT2D eigenvalue weighted by molar-refractivity contribution is 0.771.